The number of fused-ring (bicyclic) bond motifs is 1. The largest absolute Gasteiger partial charge is 0.355 e. The third-order valence-corrected chi connectivity index (χ3v) is 3.60. The van der Waals surface area contributed by atoms with Crippen LogP contribution in [0.25, 0.3) is 4.96 Å². The summed E-state index contributed by atoms with van der Waals surface area (Å²) in [4.78, 5) is 16.7. The van der Waals surface area contributed by atoms with E-state index in [9.17, 15) is 4.79 Å². The molecule has 1 atom stereocenters. The lowest BCUT2D eigenvalue weighted by molar-refractivity contribution is -0.119. The van der Waals surface area contributed by atoms with Crippen molar-refractivity contribution in [1.82, 2.24) is 14.7 Å². The van der Waals surface area contributed by atoms with Crippen molar-refractivity contribution in [3.05, 3.63) is 23.0 Å². The van der Waals surface area contributed by atoms with Crippen LogP contribution >= 0.6 is 11.3 Å². The van der Waals surface area contributed by atoms with Crippen molar-refractivity contribution in [3.8, 4) is 0 Å². The number of imidazole rings is 1. The van der Waals surface area contributed by atoms with Gasteiger partial charge in [0, 0.05) is 30.5 Å². The van der Waals surface area contributed by atoms with Crippen molar-refractivity contribution in [3.63, 3.8) is 0 Å². The molecule has 1 aliphatic heterocycles. The molecule has 0 saturated carbocycles. The highest BCUT2D eigenvalue weighted by Gasteiger charge is 2.27. The maximum absolute atomic E-state index is 11.2. The average molecular weight is 221 g/mol. The van der Waals surface area contributed by atoms with Crippen LogP contribution in [0.15, 0.2) is 11.6 Å². The Balaban J connectivity index is 2.12. The molecule has 1 N–H and O–H groups in total. The molecule has 0 bridgehead atoms. The van der Waals surface area contributed by atoms with Crippen molar-refractivity contribution < 1.29 is 4.79 Å². The van der Waals surface area contributed by atoms with Gasteiger partial charge in [0.05, 0.1) is 11.4 Å². The summed E-state index contributed by atoms with van der Waals surface area (Å²) in [5.41, 5.74) is 2.23. The predicted octanol–water partition coefficient (Wildman–Crippen LogP) is 1.31. The van der Waals surface area contributed by atoms with Crippen LogP contribution < -0.4 is 5.32 Å². The lowest BCUT2D eigenvalue weighted by Gasteiger charge is -2.06. The number of carbonyl (C=O) groups is 1. The van der Waals surface area contributed by atoms with Crippen molar-refractivity contribution in [1.29, 1.82) is 0 Å². The van der Waals surface area contributed by atoms with E-state index in [4.69, 9.17) is 0 Å². The van der Waals surface area contributed by atoms with Crippen LogP contribution in [0.4, 0.5) is 0 Å². The monoisotopic (exact) mass is 221 g/mol. The molecule has 1 saturated heterocycles. The van der Waals surface area contributed by atoms with E-state index in [0.717, 1.165) is 17.2 Å². The first-order chi connectivity index (χ1) is 7.25. The minimum absolute atomic E-state index is 0.143. The van der Waals surface area contributed by atoms with Crippen molar-refractivity contribution in [2.45, 2.75) is 19.3 Å². The maximum Gasteiger partial charge on any atom is 0.220 e. The normalized spacial score (nSPS) is 21.1. The van der Waals surface area contributed by atoms with E-state index in [1.54, 1.807) is 11.3 Å². The number of hydrogen-bond acceptors (Lipinski definition) is 3. The Morgan fingerprint density at radius 1 is 1.67 bits per heavy atom. The molecule has 1 unspecified atom stereocenters. The molecular formula is C10H11N3OS. The Bertz CT molecular complexity index is 528. The first-order valence-corrected chi connectivity index (χ1v) is 5.82. The first kappa shape index (κ1) is 8.91. The maximum atomic E-state index is 11.2. The molecule has 4 nitrogen and oxygen atoms in total. The molecule has 5 heteroatoms. The number of nitrogens with zero attached hydrogens (tertiary/aromatic N) is 2. The fourth-order valence-corrected chi connectivity index (χ4v) is 2.97. The summed E-state index contributed by atoms with van der Waals surface area (Å²) in [7, 11) is 0. The molecule has 3 heterocycles. The molecule has 15 heavy (non-hydrogen) atoms. The quantitative estimate of drug-likeness (QED) is 0.789. The predicted molar refractivity (Wildman–Crippen MR) is 58.2 cm³/mol. The molecule has 1 aliphatic rings. The van der Waals surface area contributed by atoms with E-state index < -0.39 is 0 Å². The van der Waals surface area contributed by atoms with Gasteiger partial charge in [-0.1, -0.05) is 0 Å². The van der Waals surface area contributed by atoms with Crippen LogP contribution in [-0.2, 0) is 4.79 Å². The SMILES string of the molecule is Cc1nc2sccn2c1C1CNC(=O)C1. The minimum Gasteiger partial charge on any atom is -0.355 e. The molecule has 0 spiro atoms. The second-order valence-electron chi connectivity index (χ2n) is 3.84. The zero-order valence-electron chi connectivity index (χ0n) is 8.36. The van der Waals surface area contributed by atoms with Gasteiger partial charge in [-0.2, -0.15) is 0 Å². The van der Waals surface area contributed by atoms with Crippen molar-refractivity contribution >= 4 is 22.2 Å². The van der Waals surface area contributed by atoms with E-state index in [0.29, 0.717) is 6.42 Å². The van der Waals surface area contributed by atoms with E-state index in [1.807, 2.05) is 18.5 Å². The summed E-state index contributed by atoms with van der Waals surface area (Å²) in [5, 5.41) is 4.89. The molecular weight excluding hydrogens is 210 g/mol. The Hall–Kier alpha value is -1.36. The molecule has 78 valence electrons. The minimum atomic E-state index is 0.143. The second-order valence-corrected chi connectivity index (χ2v) is 4.72. The highest BCUT2D eigenvalue weighted by molar-refractivity contribution is 7.15. The summed E-state index contributed by atoms with van der Waals surface area (Å²) in [6, 6.07) is 0. The average Bonchev–Trinajstić information content (AvgIpc) is 2.81. The number of thiazole rings is 1. The fraction of sp³-hybridized carbons (Fsp3) is 0.400. The smallest absolute Gasteiger partial charge is 0.220 e. The van der Waals surface area contributed by atoms with Gasteiger partial charge in [-0.3, -0.25) is 9.20 Å². The van der Waals surface area contributed by atoms with Crippen LogP contribution in [0.1, 0.15) is 23.7 Å². The molecule has 1 amide bonds. The number of amides is 1. The molecule has 0 aromatic carbocycles. The van der Waals surface area contributed by atoms with Crippen LogP contribution in [0.3, 0.4) is 0 Å². The van der Waals surface area contributed by atoms with Gasteiger partial charge in [0.15, 0.2) is 4.96 Å². The van der Waals surface area contributed by atoms with Gasteiger partial charge in [-0.15, -0.1) is 11.3 Å². The van der Waals surface area contributed by atoms with Gasteiger partial charge in [-0.25, -0.2) is 4.98 Å². The fourth-order valence-electron chi connectivity index (χ4n) is 2.20. The number of carbonyl (C=O) groups excluding carboxylic acids is 1. The Morgan fingerprint density at radius 3 is 3.27 bits per heavy atom. The third kappa shape index (κ3) is 1.26. The lowest BCUT2D eigenvalue weighted by atomic mass is 10.0. The van der Waals surface area contributed by atoms with Gasteiger partial charge >= 0.3 is 0 Å². The Labute approximate surface area is 90.9 Å². The number of aryl methyl sites for hydroxylation is 1. The Morgan fingerprint density at radius 2 is 2.53 bits per heavy atom. The molecule has 2 aromatic rings. The van der Waals surface area contributed by atoms with Gasteiger partial charge in [0.1, 0.15) is 0 Å². The van der Waals surface area contributed by atoms with Gasteiger partial charge < -0.3 is 5.32 Å². The van der Waals surface area contributed by atoms with Crippen molar-refractivity contribution in [2.75, 3.05) is 6.54 Å². The van der Waals surface area contributed by atoms with Crippen molar-refractivity contribution in [2.24, 2.45) is 0 Å². The van der Waals surface area contributed by atoms with E-state index in [2.05, 4.69) is 14.7 Å². The molecule has 1 fully saturated rings. The number of rotatable bonds is 1. The highest BCUT2D eigenvalue weighted by atomic mass is 32.1. The van der Waals surface area contributed by atoms with E-state index >= 15 is 0 Å². The van der Waals surface area contributed by atoms with Crippen LogP contribution in [0.2, 0.25) is 0 Å². The topological polar surface area (TPSA) is 46.4 Å². The van der Waals surface area contributed by atoms with Crippen LogP contribution in [0.5, 0.6) is 0 Å². The van der Waals surface area contributed by atoms with Gasteiger partial charge in [0.2, 0.25) is 5.91 Å². The van der Waals surface area contributed by atoms with E-state index in [-0.39, 0.29) is 11.8 Å². The molecule has 2 aromatic heterocycles. The number of hydrogen-bond donors (Lipinski definition) is 1. The summed E-state index contributed by atoms with van der Waals surface area (Å²) in [5.74, 6) is 0.423. The third-order valence-electron chi connectivity index (χ3n) is 2.85. The summed E-state index contributed by atoms with van der Waals surface area (Å²) in [6.07, 6.45) is 2.61. The Kier molecular flexibility index (Phi) is 1.82. The molecule has 0 radical (unpaired) electrons. The van der Waals surface area contributed by atoms with Gasteiger partial charge in [-0.05, 0) is 6.92 Å². The van der Waals surface area contributed by atoms with E-state index in [1.165, 1.54) is 5.69 Å². The van der Waals surface area contributed by atoms with Gasteiger partial charge in [0.25, 0.3) is 0 Å². The summed E-state index contributed by atoms with van der Waals surface area (Å²) < 4.78 is 2.10. The van der Waals surface area contributed by atoms with Crippen LogP contribution in [-0.4, -0.2) is 21.8 Å². The second kappa shape index (κ2) is 3.06. The lowest BCUT2D eigenvalue weighted by Crippen LogP contribution is -2.14. The molecule has 0 aliphatic carbocycles. The van der Waals surface area contributed by atoms with Crippen LogP contribution in [0, 0.1) is 6.92 Å². The molecule has 3 rings (SSSR count). The zero-order chi connectivity index (χ0) is 10.4. The number of aromatic nitrogens is 2. The zero-order valence-corrected chi connectivity index (χ0v) is 9.17. The highest BCUT2D eigenvalue weighted by Crippen LogP contribution is 2.28. The first-order valence-electron chi connectivity index (χ1n) is 4.94. The standard InChI is InChI=1S/C10H11N3OS/c1-6-9(7-4-8(14)11-5-7)13-2-3-15-10(13)12-6/h2-3,7H,4-5H2,1H3,(H,11,14). The summed E-state index contributed by atoms with van der Waals surface area (Å²) in [6.45, 7) is 2.75. The number of nitrogens with one attached hydrogen (secondary N) is 1. The summed E-state index contributed by atoms with van der Waals surface area (Å²) >= 11 is 1.63.